The van der Waals surface area contributed by atoms with Crippen molar-refractivity contribution in [1.29, 1.82) is 0 Å². The fourth-order valence-electron chi connectivity index (χ4n) is 3.05. The van der Waals surface area contributed by atoms with Gasteiger partial charge >= 0.3 is 6.09 Å². The number of hydrogen-bond donors (Lipinski definition) is 0. The van der Waals surface area contributed by atoms with Crippen LogP contribution in [0.1, 0.15) is 52.2 Å². The summed E-state index contributed by atoms with van der Waals surface area (Å²) in [6, 6.07) is 13.4. The van der Waals surface area contributed by atoms with E-state index in [1.165, 1.54) is 0 Å². The van der Waals surface area contributed by atoms with Crippen LogP contribution in [0.2, 0.25) is 0 Å². The van der Waals surface area contributed by atoms with Crippen LogP contribution in [-0.2, 0) is 11.3 Å². The molecule has 0 spiro atoms. The Balaban J connectivity index is 2.20. The maximum Gasteiger partial charge on any atom is 0.410 e. The van der Waals surface area contributed by atoms with Crippen LogP contribution in [0.25, 0.3) is 11.1 Å². The normalized spacial score (nSPS) is 11.4. The van der Waals surface area contributed by atoms with E-state index in [1.807, 2.05) is 39.0 Å². The first-order valence-electron chi connectivity index (χ1n) is 10.1. The fraction of sp³-hybridized carbons (Fsp3) is 0.458. The van der Waals surface area contributed by atoms with Gasteiger partial charge in [-0.05, 0) is 79.6 Å². The largest absolute Gasteiger partial charge is 0.444 e. The zero-order valence-corrected chi connectivity index (χ0v) is 18.4. The molecule has 0 N–H and O–H groups in total. The minimum absolute atomic E-state index is 0.281. The van der Waals surface area contributed by atoms with Crippen LogP contribution in [0.4, 0.5) is 10.5 Å². The fourth-order valence-corrected chi connectivity index (χ4v) is 3.05. The lowest BCUT2D eigenvalue weighted by atomic mass is 9.98. The number of rotatable bonds is 7. The first-order valence-corrected chi connectivity index (χ1v) is 10.1. The van der Waals surface area contributed by atoms with Crippen LogP contribution in [0.3, 0.4) is 0 Å². The van der Waals surface area contributed by atoms with Crippen molar-refractivity contribution in [2.75, 3.05) is 6.54 Å². The van der Waals surface area contributed by atoms with Gasteiger partial charge in [-0.25, -0.2) is 4.79 Å². The maximum absolute atomic E-state index is 12.7. The van der Waals surface area contributed by atoms with Crippen LogP contribution in [0.5, 0.6) is 0 Å². The van der Waals surface area contributed by atoms with Crippen LogP contribution in [-0.4, -0.2) is 23.1 Å². The van der Waals surface area contributed by atoms with Gasteiger partial charge in [-0.3, -0.25) is 0 Å². The summed E-state index contributed by atoms with van der Waals surface area (Å²) in [7, 11) is 0. The number of nitrogens with zero attached hydrogens (tertiary/aromatic N) is 2. The first kappa shape index (κ1) is 22.6. The van der Waals surface area contributed by atoms with Gasteiger partial charge in [0.15, 0.2) is 0 Å². The molecule has 2 aromatic carbocycles. The Bertz CT molecular complexity index is 836. The molecule has 0 aromatic heterocycles. The standard InChI is InChI=1S/C24H32N2O3/c1-17(2)13-14-26(23(27)29-24(4,5)6)16-19-7-12-22(18(3)15-19)20-8-10-21(25-28)11-9-20/h7-12,15,17H,13-14,16H2,1-6H3. The van der Waals surface area contributed by atoms with Gasteiger partial charge in [0.2, 0.25) is 0 Å². The Morgan fingerprint density at radius 3 is 2.28 bits per heavy atom. The molecule has 0 bridgehead atoms. The number of hydrogen-bond acceptors (Lipinski definition) is 4. The van der Waals surface area contributed by atoms with Crippen LogP contribution in [0, 0.1) is 17.7 Å². The van der Waals surface area contributed by atoms with Gasteiger partial charge in [0.1, 0.15) is 11.3 Å². The van der Waals surface area contributed by atoms with Gasteiger partial charge in [0.25, 0.3) is 0 Å². The second-order valence-corrected chi connectivity index (χ2v) is 8.87. The van der Waals surface area contributed by atoms with Crippen molar-refractivity contribution < 1.29 is 9.53 Å². The first-order chi connectivity index (χ1) is 13.6. The van der Waals surface area contributed by atoms with Crippen molar-refractivity contribution in [3.05, 3.63) is 58.5 Å². The summed E-state index contributed by atoms with van der Waals surface area (Å²) in [5.41, 5.74) is 4.20. The molecule has 0 fully saturated rings. The average Bonchev–Trinajstić information content (AvgIpc) is 2.63. The lowest BCUT2D eigenvalue weighted by Crippen LogP contribution is -2.37. The number of carbonyl (C=O) groups is 1. The summed E-state index contributed by atoms with van der Waals surface area (Å²) in [6.07, 6.45) is 0.643. The minimum Gasteiger partial charge on any atom is -0.444 e. The summed E-state index contributed by atoms with van der Waals surface area (Å²) in [6.45, 7) is 13.2. The summed E-state index contributed by atoms with van der Waals surface area (Å²) in [4.78, 5) is 25.1. The van der Waals surface area contributed by atoms with E-state index in [4.69, 9.17) is 4.74 Å². The highest BCUT2D eigenvalue weighted by molar-refractivity contribution is 5.70. The molecule has 0 heterocycles. The molecule has 5 nitrogen and oxygen atoms in total. The number of benzene rings is 2. The van der Waals surface area contributed by atoms with E-state index in [0.29, 0.717) is 24.7 Å². The van der Waals surface area contributed by atoms with Gasteiger partial charge in [0.05, 0.1) is 0 Å². The van der Waals surface area contributed by atoms with Crippen molar-refractivity contribution in [2.24, 2.45) is 11.1 Å². The van der Waals surface area contributed by atoms with E-state index in [0.717, 1.165) is 28.7 Å². The Kier molecular flexibility index (Phi) is 7.54. The van der Waals surface area contributed by atoms with Crippen molar-refractivity contribution in [2.45, 2.75) is 60.1 Å². The number of nitroso groups, excluding NO2 is 1. The van der Waals surface area contributed by atoms with Gasteiger partial charge < -0.3 is 9.64 Å². The summed E-state index contributed by atoms with van der Waals surface area (Å²) >= 11 is 0. The monoisotopic (exact) mass is 396 g/mol. The third-order valence-electron chi connectivity index (χ3n) is 4.58. The Labute approximate surface area is 174 Å². The predicted octanol–water partition coefficient (Wildman–Crippen LogP) is 6.84. The minimum atomic E-state index is -0.518. The van der Waals surface area contributed by atoms with Crippen LogP contribution in [0.15, 0.2) is 47.6 Å². The molecule has 0 radical (unpaired) electrons. The molecule has 2 rings (SSSR count). The molecule has 0 aliphatic heterocycles. The van der Waals surface area contributed by atoms with E-state index >= 15 is 0 Å². The van der Waals surface area contributed by atoms with Crippen molar-refractivity contribution in [3.63, 3.8) is 0 Å². The van der Waals surface area contributed by atoms with Crippen molar-refractivity contribution in [1.82, 2.24) is 4.90 Å². The molecule has 0 aliphatic rings. The van der Waals surface area contributed by atoms with E-state index in [9.17, 15) is 9.70 Å². The molecule has 5 heteroatoms. The Morgan fingerprint density at radius 2 is 1.76 bits per heavy atom. The smallest absolute Gasteiger partial charge is 0.410 e. The third kappa shape index (κ3) is 7.00. The Hall–Kier alpha value is -2.69. The zero-order valence-electron chi connectivity index (χ0n) is 18.4. The molecule has 156 valence electrons. The molecule has 0 atom stereocenters. The highest BCUT2D eigenvalue weighted by Crippen LogP contribution is 2.27. The van der Waals surface area contributed by atoms with Crippen LogP contribution >= 0.6 is 0 Å². The number of aryl methyl sites for hydroxylation is 1. The number of amides is 1. The molecule has 0 saturated carbocycles. The highest BCUT2D eigenvalue weighted by Gasteiger charge is 2.22. The quantitative estimate of drug-likeness (QED) is 0.481. The van der Waals surface area contributed by atoms with Crippen molar-refractivity contribution >= 4 is 11.8 Å². The molecule has 2 aromatic rings. The van der Waals surface area contributed by atoms with E-state index in [-0.39, 0.29) is 6.09 Å². The SMILES string of the molecule is Cc1cc(CN(CCC(C)C)C(=O)OC(C)(C)C)ccc1-c1ccc(N=O)cc1. The molecule has 0 unspecified atom stereocenters. The zero-order chi connectivity index (χ0) is 21.6. The number of carbonyl (C=O) groups excluding carboxylic acids is 1. The highest BCUT2D eigenvalue weighted by atomic mass is 16.6. The average molecular weight is 397 g/mol. The van der Waals surface area contributed by atoms with Gasteiger partial charge in [0, 0.05) is 13.1 Å². The Morgan fingerprint density at radius 1 is 1.10 bits per heavy atom. The molecule has 1 amide bonds. The van der Waals surface area contributed by atoms with Gasteiger partial charge in [-0.15, -0.1) is 4.91 Å². The lowest BCUT2D eigenvalue weighted by Gasteiger charge is -2.28. The second-order valence-electron chi connectivity index (χ2n) is 8.87. The second kappa shape index (κ2) is 9.68. The topological polar surface area (TPSA) is 59.0 Å². The van der Waals surface area contributed by atoms with E-state index in [1.54, 1.807) is 17.0 Å². The summed E-state index contributed by atoms with van der Waals surface area (Å²) in [5, 5.41) is 2.95. The van der Waals surface area contributed by atoms with Crippen LogP contribution < -0.4 is 0 Å². The molecule has 29 heavy (non-hydrogen) atoms. The predicted molar refractivity (Wildman–Crippen MR) is 118 cm³/mol. The van der Waals surface area contributed by atoms with Gasteiger partial charge in [-0.2, -0.15) is 0 Å². The summed E-state index contributed by atoms with van der Waals surface area (Å²) in [5.74, 6) is 0.507. The summed E-state index contributed by atoms with van der Waals surface area (Å²) < 4.78 is 5.60. The molecule has 0 aliphatic carbocycles. The van der Waals surface area contributed by atoms with E-state index < -0.39 is 5.60 Å². The molecular weight excluding hydrogens is 364 g/mol. The lowest BCUT2D eigenvalue weighted by molar-refractivity contribution is 0.0225. The molecular formula is C24H32N2O3. The van der Waals surface area contributed by atoms with Gasteiger partial charge in [-0.1, -0.05) is 44.2 Å². The third-order valence-corrected chi connectivity index (χ3v) is 4.58. The molecule has 0 saturated heterocycles. The number of ether oxygens (including phenoxy) is 1. The maximum atomic E-state index is 12.7. The van der Waals surface area contributed by atoms with Crippen molar-refractivity contribution in [3.8, 4) is 11.1 Å². The van der Waals surface area contributed by atoms with E-state index in [2.05, 4.69) is 38.1 Å².